The lowest BCUT2D eigenvalue weighted by atomic mass is 10.0. The highest BCUT2D eigenvalue weighted by Crippen LogP contribution is 2.23. The van der Waals surface area contributed by atoms with E-state index in [1.165, 1.54) is 12.4 Å². The molecule has 0 spiro atoms. The predicted octanol–water partition coefficient (Wildman–Crippen LogP) is 1.49. The Balaban J connectivity index is 2.15. The Morgan fingerprint density at radius 1 is 1.61 bits per heavy atom. The van der Waals surface area contributed by atoms with Gasteiger partial charge < -0.3 is 9.64 Å². The molecule has 1 amide bonds. The number of hydrogen-bond acceptors (Lipinski definition) is 4. The molecule has 1 aromatic heterocycles. The van der Waals surface area contributed by atoms with Crippen LogP contribution >= 0.6 is 15.9 Å². The van der Waals surface area contributed by atoms with Crippen LogP contribution in [-0.4, -0.2) is 51.1 Å². The molecule has 0 aliphatic carbocycles. The van der Waals surface area contributed by atoms with Gasteiger partial charge >= 0.3 is 0 Å². The fraction of sp³-hybridized carbons (Fsp3) is 0.583. The first-order chi connectivity index (χ1) is 8.52. The minimum Gasteiger partial charge on any atom is -0.368 e. The zero-order chi connectivity index (χ0) is 13.2. The lowest BCUT2D eigenvalue weighted by Gasteiger charge is -2.42. The number of rotatable bonds is 2. The van der Waals surface area contributed by atoms with Crippen molar-refractivity contribution in [2.75, 3.05) is 18.4 Å². The monoisotopic (exact) mass is 313 g/mol. The molecule has 1 unspecified atom stereocenters. The first-order valence-corrected chi connectivity index (χ1v) is 6.94. The van der Waals surface area contributed by atoms with Crippen molar-refractivity contribution in [3.63, 3.8) is 0 Å². The Hall–Kier alpha value is -1.01. The maximum atomic E-state index is 12.3. The van der Waals surface area contributed by atoms with Crippen LogP contribution in [0.2, 0.25) is 0 Å². The van der Waals surface area contributed by atoms with Gasteiger partial charge in [0.15, 0.2) is 0 Å². The van der Waals surface area contributed by atoms with E-state index in [1.54, 1.807) is 6.07 Å². The highest BCUT2D eigenvalue weighted by atomic mass is 79.9. The summed E-state index contributed by atoms with van der Waals surface area (Å²) in [6.45, 7) is 5.16. The molecule has 1 aromatic rings. The van der Waals surface area contributed by atoms with Crippen LogP contribution in [0.15, 0.2) is 18.5 Å². The number of nitrogens with zero attached hydrogens (tertiary/aromatic N) is 3. The predicted molar refractivity (Wildman–Crippen MR) is 70.7 cm³/mol. The summed E-state index contributed by atoms with van der Waals surface area (Å²) in [5, 5.41) is 8.13. The molecule has 1 saturated heterocycles. The Morgan fingerprint density at radius 3 is 3.00 bits per heavy atom. The van der Waals surface area contributed by atoms with Crippen LogP contribution in [0.3, 0.4) is 0 Å². The van der Waals surface area contributed by atoms with E-state index in [9.17, 15) is 4.79 Å². The maximum Gasteiger partial charge on any atom is 0.255 e. The lowest BCUT2D eigenvalue weighted by Crippen LogP contribution is -2.55. The van der Waals surface area contributed by atoms with E-state index in [-0.39, 0.29) is 17.6 Å². The fourth-order valence-electron chi connectivity index (χ4n) is 2.13. The van der Waals surface area contributed by atoms with Crippen molar-refractivity contribution in [3.8, 4) is 0 Å². The van der Waals surface area contributed by atoms with Crippen molar-refractivity contribution >= 4 is 21.8 Å². The summed E-state index contributed by atoms with van der Waals surface area (Å²) in [6.07, 6.45) is 3.04. The summed E-state index contributed by atoms with van der Waals surface area (Å²) >= 11 is 3.41. The maximum absolute atomic E-state index is 12.3. The number of ether oxygens (including phenoxy) is 1. The van der Waals surface area contributed by atoms with Gasteiger partial charge in [-0.15, -0.1) is 0 Å². The van der Waals surface area contributed by atoms with Crippen LogP contribution < -0.4 is 0 Å². The van der Waals surface area contributed by atoms with Crippen LogP contribution in [0.25, 0.3) is 0 Å². The molecule has 1 aliphatic heterocycles. The van der Waals surface area contributed by atoms with Crippen molar-refractivity contribution in [1.82, 2.24) is 15.1 Å². The number of hydrogen-bond donors (Lipinski definition) is 0. The second-order valence-electron chi connectivity index (χ2n) is 4.97. The van der Waals surface area contributed by atoms with Crippen molar-refractivity contribution in [3.05, 3.63) is 24.0 Å². The Morgan fingerprint density at radius 2 is 2.39 bits per heavy atom. The Kier molecular flexibility index (Phi) is 3.97. The minimum atomic E-state index is -0.327. The molecule has 0 saturated carbocycles. The molecule has 5 nitrogen and oxygen atoms in total. The normalized spacial score (nSPS) is 22.8. The first-order valence-electron chi connectivity index (χ1n) is 5.81. The summed E-state index contributed by atoms with van der Waals surface area (Å²) < 4.78 is 5.87. The Labute approximate surface area is 115 Å². The average Bonchev–Trinajstić information content (AvgIpc) is 2.37. The van der Waals surface area contributed by atoms with Crippen molar-refractivity contribution in [2.45, 2.75) is 25.6 Å². The van der Waals surface area contributed by atoms with Gasteiger partial charge in [-0.2, -0.15) is 10.2 Å². The third-order valence-electron chi connectivity index (χ3n) is 2.77. The summed E-state index contributed by atoms with van der Waals surface area (Å²) in [6, 6.07) is 1.68. The van der Waals surface area contributed by atoms with Crippen LogP contribution in [0, 0.1) is 0 Å². The molecule has 2 heterocycles. The van der Waals surface area contributed by atoms with Gasteiger partial charge in [-0.1, -0.05) is 15.9 Å². The molecule has 0 aromatic carbocycles. The molecule has 0 radical (unpaired) electrons. The molecular formula is C12H16BrN3O2. The van der Waals surface area contributed by atoms with Gasteiger partial charge in [-0.3, -0.25) is 4.79 Å². The van der Waals surface area contributed by atoms with Crippen molar-refractivity contribution in [2.24, 2.45) is 0 Å². The second-order valence-corrected chi connectivity index (χ2v) is 5.62. The van der Waals surface area contributed by atoms with Gasteiger partial charge in [-0.05, 0) is 19.9 Å². The van der Waals surface area contributed by atoms with E-state index in [0.29, 0.717) is 18.7 Å². The van der Waals surface area contributed by atoms with Crippen LogP contribution in [0.4, 0.5) is 0 Å². The number of carbonyl (C=O) groups excluding carboxylic acids is 1. The molecule has 1 aliphatic rings. The summed E-state index contributed by atoms with van der Waals surface area (Å²) in [5.41, 5.74) is 0.239. The van der Waals surface area contributed by atoms with Gasteiger partial charge in [0.1, 0.15) is 0 Å². The second kappa shape index (κ2) is 5.32. The van der Waals surface area contributed by atoms with Crippen LogP contribution in [-0.2, 0) is 4.74 Å². The van der Waals surface area contributed by atoms with Gasteiger partial charge in [0, 0.05) is 18.4 Å². The van der Waals surface area contributed by atoms with Gasteiger partial charge in [0.2, 0.25) is 0 Å². The van der Waals surface area contributed by atoms with Crippen molar-refractivity contribution in [1.29, 1.82) is 0 Å². The number of morpholine rings is 1. The molecule has 1 fully saturated rings. The standard InChI is InChI=1S/C12H16BrN3O2/c1-12(2)8-16(7-10(5-13)18-12)11(17)9-3-4-14-15-6-9/h3-4,6,10H,5,7-8H2,1-2H3. The molecule has 98 valence electrons. The van der Waals surface area contributed by atoms with E-state index in [2.05, 4.69) is 26.1 Å². The molecule has 0 N–H and O–H groups in total. The number of halogens is 1. The van der Waals surface area contributed by atoms with Crippen LogP contribution in [0.1, 0.15) is 24.2 Å². The topological polar surface area (TPSA) is 55.3 Å². The van der Waals surface area contributed by atoms with E-state index >= 15 is 0 Å². The zero-order valence-corrected chi connectivity index (χ0v) is 12.1. The van der Waals surface area contributed by atoms with Crippen molar-refractivity contribution < 1.29 is 9.53 Å². The molecule has 0 bridgehead atoms. The highest BCUT2D eigenvalue weighted by Gasteiger charge is 2.35. The molecule has 1 atom stereocenters. The number of alkyl halides is 1. The largest absolute Gasteiger partial charge is 0.368 e. The first kappa shape index (κ1) is 13.4. The number of amides is 1. The van der Waals surface area contributed by atoms with E-state index < -0.39 is 0 Å². The zero-order valence-electron chi connectivity index (χ0n) is 10.5. The third-order valence-corrected chi connectivity index (χ3v) is 3.49. The lowest BCUT2D eigenvalue weighted by molar-refractivity contribution is -0.116. The highest BCUT2D eigenvalue weighted by molar-refractivity contribution is 9.09. The average molecular weight is 314 g/mol. The van der Waals surface area contributed by atoms with E-state index in [0.717, 1.165) is 5.33 Å². The fourth-order valence-corrected chi connectivity index (χ4v) is 2.47. The molecular weight excluding hydrogens is 298 g/mol. The summed E-state index contributed by atoms with van der Waals surface area (Å²) in [7, 11) is 0. The van der Waals surface area contributed by atoms with E-state index in [4.69, 9.17) is 4.74 Å². The summed E-state index contributed by atoms with van der Waals surface area (Å²) in [4.78, 5) is 14.1. The molecule has 2 rings (SSSR count). The smallest absolute Gasteiger partial charge is 0.255 e. The third kappa shape index (κ3) is 3.05. The van der Waals surface area contributed by atoms with Gasteiger partial charge in [0.25, 0.3) is 5.91 Å². The summed E-state index contributed by atoms with van der Waals surface area (Å²) in [5.74, 6) is -0.0211. The quantitative estimate of drug-likeness (QED) is 0.776. The Bertz CT molecular complexity index is 425. The molecule has 18 heavy (non-hydrogen) atoms. The number of aromatic nitrogens is 2. The van der Waals surface area contributed by atoms with Gasteiger partial charge in [-0.25, -0.2) is 0 Å². The van der Waals surface area contributed by atoms with Crippen LogP contribution in [0.5, 0.6) is 0 Å². The SMILES string of the molecule is CC1(C)CN(C(=O)c2ccnnc2)CC(CBr)O1. The minimum absolute atomic E-state index is 0.0208. The van der Waals surface area contributed by atoms with Gasteiger partial charge in [0.05, 0.1) is 29.7 Å². The number of carbonyl (C=O) groups is 1. The van der Waals surface area contributed by atoms with E-state index in [1.807, 2.05) is 18.7 Å². The molecule has 6 heteroatoms.